The molecule has 2 saturated heterocycles. The van der Waals surface area contributed by atoms with Gasteiger partial charge in [0.25, 0.3) is 5.69 Å². The van der Waals surface area contributed by atoms with Gasteiger partial charge in [-0.1, -0.05) is 23.7 Å². The van der Waals surface area contributed by atoms with E-state index in [1.807, 2.05) is 34.1 Å². The second kappa shape index (κ2) is 8.57. The molecule has 0 saturated carbocycles. The minimum Gasteiger partial charge on any atom is -0.381 e. The van der Waals surface area contributed by atoms with Crippen LogP contribution in [0.1, 0.15) is 18.4 Å². The fourth-order valence-corrected chi connectivity index (χ4v) is 4.36. The van der Waals surface area contributed by atoms with Gasteiger partial charge in [0.2, 0.25) is 5.91 Å². The number of ether oxygens (including phenoxy) is 1. The third-order valence-corrected chi connectivity index (χ3v) is 6.24. The number of halogens is 1. The Labute approximate surface area is 179 Å². The van der Waals surface area contributed by atoms with Gasteiger partial charge in [0, 0.05) is 50.5 Å². The van der Waals surface area contributed by atoms with Crippen LogP contribution in [0.5, 0.6) is 0 Å². The molecule has 1 aromatic heterocycles. The summed E-state index contributed by atoms with van der Waals surface area (Å²) < 4.78 is 5.55. The van der Waals surface area contributed by atoms with E-state index in [9.17, 15) is 14.9 Å². The van der Waals surface area contributed by atoms with Gasteiger partial charge in [-0.2, -0.15) is 0 Å². The standard InChI is InChI=1S/C21H23ClN4O4/c22-17-3-1-16(2-4-17)21(7-13-30-14-8-21)20(27)25-11-9-24(10-12-25)19-6-5-18(15-23-19)26(28)29/h1-6,15H,7-14H2. The number of rotatable bonds is 4. The number of carbonyl (C=O) groups excluding carboxylic acids is 1. The number of aromatic nitrogens is 1. The molecule has 0 aliphatic carbocycles. The molecule has 0 unspecified atom stereocenters. The zero-order chi connectivity index (χ0) is 21.1. The molecular formula is C21H23ClN4O4. The Balaban J connectivity index is 1.48. The molecule has 0 radical (unpaired) electrons. The molecular weight excluding hydrogens is 408 g/mol. The van der Waals surface area contributed by atoms with Gasteiger partial charge in [-0.05, 0) is 36.6 Å². The molecule has 2 aliphatic heterocycles. The second-order valence-electron chi connectivity index (χ2n) is 7.61. The number of carbonyl (C=O) groups is 1. The van der Waals surface area contributed by atoms with Crippen LogP contribution < -0.4 is 4.90 Å². The Morgan fingerprint density at radius 3 is 2.30 bits per heavy atom. The maximum atomic E-state index is 13.7. The number of nitrogens with zero attached hydrogens (tertiary/aromatic N) is 4. The number of benzene rings is 1. The number of piperazine rings is 1. The molecule has 0 bridgehead atoms. The van der Waals surface area contributed by atoms with Gasteiger partial charge in [-0.25, -0.2) is 4.98 Å². The first-order chi connectivity index (χ1) is 14.5. The van der Waals surface area contributed by atoms with E-state index >= 15 is 0 Å². The van der Waals surface area contributed by atoms with Crippen LogP contribution in [0, 0.1) is 10.1 Å². The van der Waals surface area contributed by atoms with Gasteiger partial charge in [-0.15, -0.1) is 0 Å². The van der Waals surface area contributed by atoms with E-state index in [2.05, 4.69) is 4.98 Å². The van der Waals surface area contributed by atoms with Crippen LogP contribution in [0.3, 0.4) is 0 Å². The van der Waals surface area contributed by atoms with Crippen molar-refractivity contribution in [3.8, 4) is 0 Å². The van der Waals surface area contributed by atoms with Crippen LogP contribution in [0.15, 0.2) is 42.6 Å². The fraction of sp³-hybridized carbons (Fsp3) is 0.429. The number of amides is 1. The van der Waals surface area contributed by atoms with E-state index in [-0.39, 0.29) is 11.6 Å². The largest absolute Gasteiger partial charge is 0.381 e. The Morgan fingerprint density at radius 1 is 1.07 bits per heavy atom. The number of nitro groups is 1. The van der Waals surface area contributed by atoms with Crippen molar-refractivity contribution in [3.63, 3.8) is 0 Å². The highest BCUT2D eigenvalue weighted by atomic mass is 35.5. The molecule has 2 aromatic rings. The topological polar surface area (TPSA) is 88.8 Å². The molecule has 9 heteroatoms. The molecule has 2 fully saturated rings. The summed E-state index contributed by atoms with van der Waals surface area (Å²) in [7, 11) is 0. The van der Waals surface area contributed by atoms with Crippen LogP contribution in [0.2, 0.25) is 5.02 Å². The lowest BCUT2D eigenvalue weighted by molar-refractivity contribution is -0.385. The first kappa shape index (κ1) is 20.6. The Kier molecular flexibility index (Phi) is 5.87. The molecule has 0 spiro atoms. The maximum absolute atomic E-state index is 13.7. The predicted molar refractivity (Wildman–Crippen MR) is 113 cm³/mol. The highest BCUT2D eigenvalue weighted by Crippen LogP contribution is 2.37. The smallest absolute Gasteiger partial charge is 0.287 e. The highest BCUT2D eigenvalue weighted by molar-refractivity contribution is 6.30. The molecule has 0 atom stereocenters. The van der Waals surface area contributed by atoms with Crippen molar-refractivity contribution in [3.05, 3.63) is 63.3 Å². The van der Waals surface area contributed by atoms with Gasteiger partial charge in [0.1, 0.15) is 12.0 Å². The van der Waals surface area contributed by atoms with E-state index in [0.29, 0.717) is 63.1 Å². The first-order valence-corrected chi connectivity index (χ1v) is 10.4. The van der Waals surface area contributed by atoms with Crippen molar-refractivity contribution < 1.29 is 14.5 Å². The van der Waals surface area contributed by atoms with E-state index in [1.54, 1.807) is 6.07 Å². The van der Waals surface area contributed by atoms with E-state index in [4.69, 9.17) is 16.3 Å². The number of hydrogen-bond acceptors (Lipinski definition) is 6. The van der Waals surface area contributed by atoms with Crippen molar-refractivity contribution in [2.24, 2.45) is 0 Å². The lowest BCUT2D eigenvalue weighted by Gasteiger charge is -2.43. The number of pyridine rings is 1. The average molecular weight is 431 g/mol. The van der Waals surface area contributed by atoms with Crippen LogP contribution in [0.4, 0.5) is 11.5 Å². The summed E-state index contributed by atoms with van der Waals surface area (Å²) in [6.07, 6.45) is 2.57. The molecule has 1 aromatic carbocycles. The van der Waals surface area contributed by atoms with Crippen molar-refractivity contribution in [2.45, 2.75) is 18.3 Å². The quantitative estimate of drug-likeness (QED) is 0.547. The minimum absolute atomic E-state index is 0.0306. The zero-order valence-electron chi connectivity index (χ0n) is 16.5. The molecule has 8 nitrogen and oxygen atoms in total. The summed E-state index contributed by atoms with van der Waals surface area (Å²) in [5.41, 5.74) is 0.369. The van der Waals surface area contributed by atoms with E-state index < -0.39 is 10.3 Å². The van der Waals surface area contributed by atoms with Crippen molar-refractivity contribution >= 4 is 29.0 Å². The van der Waals surface area contributed by atoms with E-state index in [0.717, 1.165) is 5.56 Å². The summed E-state index contributed by atoms with van der Waals surface area (Å²) in [6, 6.07) is 10.7. The normalized spacial score (nSPS) is 18.8. The van der Waals surface area contributed by atoms with Crippen LogP contribution in [0.25, 0.3) is 0 Å². The van der Waals surface area contributed by atoms with Crippen molar-refractivity contribution in [1.82, 2.24) is 9.88 Å². The minimum atomic E-state index is -0.587. The molecule has 2 aliphatic rings. The Hall–Kier alpha value is -2.71. The monoisotopic (exact) mass is 430 g/mol. The predicted octanol–water partition coefficient (Wildman–Crippen LogP) is 3.04. The van der Waals surface area contributed by atoms with Crippen molar-refractivity contribution in [2.75, 3.05) is 44.3 Å². The van der Waals surface area contributed by atoms with Crippen molar-refractivity contribution in [1.29, 1.82) is 0 Å². The summed E-state index contributed by atoms with van der Waals surface area (Å²) in [4.78, 5) is 32.2. The van der Waals surface area contributed by atoms with Gasteiger partial charge in [0.15, 0.2) is 0 Å². The van der Waals surface area contributed by atoms with Gasteiger partial charge in [0.05, 0.1) is 10.3 Å². The lowest BCUT2D eigenvalue weighted by atomic mass is 9.73. The number of hydrogen-bond donors (Lipinski definition) is 0. The lowest BCUT2D eigenvalue weighted by Crippen LogP contribution is -2.56. The molecule has 3 heterocycles. The maximum Gasteiger partial charge on any atom is 0.287 e. The van der Waals surface area contributed by atoms with Crippen LogP contribution in [-0.2, 0) is 14.9 Å². The third-order valence-electron chi connectivity index (χ3n) is 5.99. The number of anilines is 1. The second-order valence-corrected chi connectivity index (χ2v) is 8.05. The summed E-state index contributed by atoms with van der Waals surface area (Å²) in [5, 5.41) is 11.5. The first-order valence-electron chi connectivity index (χ1n) is 9.98. The Morgan fingerprint density at radius 2 is 1.73 bits per heavy atom. The van der Waals surface area contributed by atoms with Gasteiger partial charge < -0.3 is 14.5 Å². The molecule has 158 valence electrons. The highest BCUT2D eigenvalue weighted by Gasteiger charge is 2.44. The van der Waals surface area contributed by atoms with E-state index in [1.165, 1.54) is 12.3 Å². The zero-order valence-corrected chi connectivity index (χ0v) is 17.3. The molecule has 4 rings (SSSR count). The van der Waals surface area contributed by atoms with Gasteiger partial charge >= 0.3 is 0 Å². The van der Waals surface area contributed by atoms with Crippen LogP contribution >= 0.6 is 11.6 Å². The SMILES string of the molecule is O=C(N1CCN(c2ccc([N+](=O)[O-])cn2)CC1)C1(c2ccc(Cl)cc2)CCOCC1. The van der Waals surface area contributed by atoms with Crippen LogP contribution in [-0.4, -0.2) is 60.1 Å². The molecule has 30 heavy (non-hydrogen) atoms. The molecule has 1 amide bonds. The summed E-state index contributed by atoms with van der Waals surface area (Å²) in [6.45, 7) is 3.52. The van der Waals surface area contributed by atoms with Gasteiger partial charge in [-0.3, -0.25) is 14.9 Å². The Bertz CT molecular complexity index is 906. The summed E-state index contributed by atoms with van der Waals surface area (Å²) >= 11 is 6.06. The average Bonchev–Trinajstić information content (AvgIpc) is 2.79. The third kappa shape index (κ3) is 3.97. The summed E-state index contributed by atoms with van der Waals surface area (Å²) in [5.74, 6) is 0.815. The fourth-order valence-electron chi connectivity index (χ4n) is 4.23. The molecule has 0 N–H and O–H groups in total.